The van der Waals surface area contributed by atoms with Crippen molar-refractivity contribution in [2.45, 2.75) is 25.8 Å². The summed E-state index contributed by atoms with van der Waals surface area (Å²) in [7, 11) is 2.14. The monoisotopic (exact) mass is 315 g/mol. The highest BCUT2D eigenvalue weighted by molar-refractivity contribution is 5.94. The van der Waals surface area contributed by atoms with Gasteiger partial charge in [0.05, 0.1) is 6.54 Å². The molecule has 0 aromatic heterocycles. The maximum Gasteiger partial charge on any atom is 0.242 e. The number of carbonyl (C=O) groups is 2. The molecule has 1 aromatic carbocycles. The van der Waals surface area contributed by atoms with E-state index in [9.17, 15) is 9.59 Å². The van der Waals surface area contributed by atoms with Crippen molar-refractivity contribution < 1.29 is 9.59 Å². The van der Waals surface area contributed by atoms with Gasteiger partial charge >= 0.3 is 0 Å². The van der Waals surface area contributed by atoms with Crippen LogP contribution in [0.5, 0.6) is 0 Å². The molecule has 5 nitrogen and oxygen atoms in total. The van der Waals surface area contributed by atoms with E-state index < -0.39 is 0 Å². The molecule has 3 rings (SSSR count). The number of benzene rings is 1. The molecule has 0 saturated carbocycles. The van der Waals surface area contributed by atoms with Crippen molar-refractivity contribution in [2.75, 3.05) is 44.7 Å². The van der Waals surface area contributed by atoms with Crippen LogP contribution in [0.2, 0.25) is 0 Å². The molecule has 0 aliphatic carbocycles. The van der Waals surface area contributed by atoms with Crippen LogP contribution in [0.25, 0.3) is 0 Å². The lowest BCUT2D eigenvalue weighted by atomic mass is 10.0. The lowest BCUT2D eigenvalue weighted by molar-refractivity contribution is -0.134. The Hall–Kier alpha value is -1.88. The van der Waals surface area contributed by atoms with Crippen LogP contribution in [0.4, 0.5) is 5.69 Å². The Bertz CT molecular complexity index is 576. The fourth-order valence-corrected chi connectivity index (χ4v) is 3.51. The molecular formula is C18H25N3O2. The summed E-state index contributed by atoms with van der Waals surface area (Å²) < 4.78 is 0. The van der Waals surface area contributed by atoms with E-state index in [1.165, 1.54) is 0 Å². The van der Waals surface area contributed by atoms with Crippen molar-refractivity contribution in [3.8, 4) is 0 Å². The number of carbonyl (C=O) groups excluding carboxylic acids is 2. The van der Waals surface area contributed by atoms with Crippen LogP contribution >= 0.6 is 0 Å². The van der Waals surface area contributed by atoms with Crippen molar-refractivity contribution >= 4 is 17.4 Å². The maximum absolute atomic E-state index is 12.6. The van der Waals surface area contributed by atoms with Gasteiger partial charge in [0.25, 0.3) is 0 Å². The van der Waals surface area contributed by atoms with Gasteiger partial charge in [-0.3, -0.25) is 9.59 Å². The largest absolute Gasteiger partial charge is 0.360 e. The Morgan fingerprint density at radius 3 is 2.26 bits per heavy atom. The van der Waals surface area contributed by atoms with Crippen molar-refractivity contribution in [1.29, 1.82) is 0 Å². The third-order valence-corrected chi connectivity index (χ3v) is 5.03. The van der Waals surface area contributed by atoms with Gasteiger partial charge < -0.3 is 14.7 Å². The maximum atomic E-state index is 12.6. The number of hydrogen-bond donors (Lipinski definition) is 0. The van der Waals surface area contributed by atoms with Crippen molar-refractivity contribution in [3.05, 3.63) is 29.8 Å². The van der Waals surface area contributed by atoms with E-state index in [1.807, 2.05) is 24.3 Å². The van der Waals surface area contributed by atoms with Gasteiger partial charge in [-0.1, -0.05) is 0 Å². The van der Waals surface area contributed by atoms with Gasteiger partial charge in [-0.25, -0.2) is 0 Å². The summed E-state index contributed by atoms with van der Waals surface area (Å²) in [4.78, 5) is 30.4. The smallest absolute Gasteiger partial charge is 0.242 e. The first-order valence-corrected chi connectivity index (χ1v) is 8.38. The zero-order chi connectivity index (χ0) is 16.4. The molecule has 0 bridgehead atoms. The molecule has 2 aliphatic rings. The molecule has 0 spiro atoms. The average molecular weight is 315 g/mol. The van der Waals surface area contributed by atoms with E-state index in [4.69, 9.17) is 0 Å². The molecule has 124 valence electrons. The fraction of sp³-hybridized carbons (Fsp3) is 0.556. The number of ketones is 1. The van der Waals surface area contributed by atoms with Crippen LogP contribution in [0, 0.1) is 0 Å². The van der Waals surface area contributed by atoms with E-state index in [1.54, 1.807) is 6.92 Å². The number of rotatable bonds is 3. The number of anilines is 1. The number of nitrogens with zero attached hydrogens (tertiary/aromatic N) is 3. The number of Topliss-reactive ketones (excluding diaryl/α,β-unsaturated/α-hetero) is 1. The summed E-state index contributed by atoms with van der Waals surface area (Å²) in [5.41, 5.74) is 1.73. The Labute approximate surface area is 137 Å². The van der Waals surface area contributed by atoms with Crippen LogP contribution in [-0.2, 0) is 4.79 Å². The molecule has 2 aliphatic heterocycles. The van der Waals surface area contributed by atoms with Crippen LogP contribution in [0.15, 0.2) is 24.3 Å². The van der Waals surface area contributed by atoms with E-state index in [0.29, 0.717) is 18.2 Å². The minimum atomic E-state index is 0.0692. The number of amides is 1. The first-order valence-electron chi connectivity index (χ1n) is 8.38. The first-order chi connectivity index (χ1) is 11.0. The van der Waals surface area contributed by atoms with Gasteiger partial charge in [0.1, 0.15) is 0 Å². The number of piperazine rings is 1. The molecule has 0 radical (unpaired) electrons. The highest BCUT2D eigenvalue weighted by Gasteiger charge is 2.31. The Morgan fingerprint density at radius 1 is 1.04 bits per heavy atom. The summed E-state index contributed by atoms with van der Waals surface area (Å²) in [5, 5.41) is 0. The minimum Gasteiger partial charge on any atom is -0.360 e. The lowest BCUT2D eigenvalue weighted by Crippen LogP contribution is -2.56. The van der Waals surface area contributed by atoms with E-state index in [-0.39, 0.29) is 11.7 Å². The van der Waals surface area contributed by atoms with Gasteiger partial charge in [0.2, 0.25) is 5.91 Å². The summed E-state index contributed by atoms with van der Waals surface area (Å²) >= 11 is 0. The molecule has 2 fully saturated rings. The zero-order valence-electron chi connectivity index (χ0n) is 14.0. The van der Waals surface area contributed by atoms with Crippen molar-refractivity contribution in [3.63, 3.8) is 0 Å². The summed E-state index contributed by atoms with van der Waals surface area (Å²) in [5.74, 6) is 0.293. The molecule has 1 amide bonds. The molecule has 23 heavy (non-hydrogen) atoms. The Kier molecular flexibility index (Phi) is 4.66. The van der Waals surface area contributed by atoms with E-state index in [0.717, 1.165) is 44.7 Å². The van der Waals surface area contributed by atoms with Gasteiger partial charge in [0.15, 0.2) is 5.78 Å². The van der Waals surface area contributed by atoms with Crippen LogP contribution in [0.3, 0.4) is 0 Å². The molecular weight excluding hydrogens is 290 g/mol. The number of piperidine rings is 1. The molecule has 0 unspecified atom stereocenters. The lowest BCUT2D eigenvalue weighted by Gasteiger charge is -2.42. The van der Waals surface area contributed by atoms with Gasteiger partial charge in [0, 0.05) is 30.4 Å². The molecule has 1 aromatic rings. The Balaban J connectivity index is 1.62. The summed E-state index contributed by atoms with van der Waals surface area (Å²) in [6.45, 7) is 5.80. The third-order valence-electron chi connectivity index (χ3n) is 5.03. The summed E-state index contributed by atoms with van der Waals surface area (Å²) in [6, 6.07) is 7.96. The van der Waals surface area contributed by atoms with Crippen molar-refractivity contribution in [2.24, 2.45) is 0 Å². The third kappa shape index (κ3) is 3.55. The van der Waals surface area contributed by atoms with Gasteiger partial charge in [-0.05, 0) is 64.2 Å². The van der Waals surface area contributed by atoms with Gasteiger partial charge in [-0.2, -0.15) is 0 Å². The molecule has 0 N–H and O–H groups in total. The second-order valence-electron chi connectivity index (χ2n) is 6.65. The fourth-order valence-electron chi connectivity index (χ4n) is 3.51. The highest BCUT2D eigenvalue weighted by Crippen LogP contribution is 2.22. The van der Waals surface area contributed by atoms with E-state index in [2.05, 4.69) is 21.7 Å². The molecule has 5 heteroatoms. The standard InChI is InChI=1S/C18H25N3O2/c1-14(22)15-3-5-16(6-4-15)20-11-12-21(18(23)13-20)17-7-9-19(2)10-8-17/h3-6,17H,7-13H2,1-2H3. The second-order valence-corrected chi connectivity index (χ2v) is 6.65. The first kappa shape index (κ1) is 16.0. The second kappa shape index (κ2) is 6.71. The quantitative estimate of drug-likeness (QED) is 0.795. The van der Waals surface area contributed by atoms with Crippen LogP contribution < -0.4 is 4.90 Å². The molecule has 2 heterocycles. The Morgan fingerprint density at radius 2 is 1.70 bits per heavy atom. The van der Waals surface area contributed by atoms with Crippen LogP contribution in [-0.4, -0.2) is 67.3 Å². The zero-order valence-corrected chi connectivity index (χ0v) is 14.0. The van der Waals surface area contributed by atoms with E-state index >= 15 is 0 Å². The predicted molar refractivity (Wildman–Crippen MR) is 90.9 cm³/mol. The summed E-state index contributed by atoms with van der Waals surface area (Å²) in [6.07, 6.45) is 2.16. The molecule has 2 saturated heterocycles. The van der Waals surface area contributed by atoms with Crippen molar-refractivity contribution in [1.82, 2.24) is 9.80 Å². The minimum absolute atomic E-state index is 0.0692. The van der Waals surface area contributed by atoms with Crippen LogP contribution in [0.1, 0.15) is 30.1 Å². The highest BCUT2D eigenvalue weighted by atomic mass is 16.2. The SMILES string of the molecule is CC(=O)c1ccc(N2CCN(C3CCN(C)CC3)C(=O)C2)cc1. The average Bonchev–Trinajstić information content (AvgIpc) is 2.56. The topological polar surface area (TPSA) is 43.9 Å². The normalized spacial score (nSPS) is 20.9. The molecule has 0 atom stereocenters. The number of hydrogen-bond acceptors (Lipinski definition) is 4. The number of likely N-dealkylation sites (tertiary alicyclic amines) is 1. The predicted octanol–water partition coefficient (Wildman–Crippen LogP) is 1.63. The van der Waals surface area contributed by atoms with Gasteiger partial charge in [-0.15, -0.1) is 0 Å².